The second-order valence-corrected chi connectivity index (χ2v) is 4.49. The maximum atomic E-state index is 13.8. The van der Waals surface area contributed by atoms with Gasteiger partial charge in [0.25, 0.3) is 0 Å². The van der Waals surface area contributed by atoms with Crippen LogP contribution in [0.25, 0.3) is 0 Å². The minimum absolute atomic E-state index is 0.00162. The summed E-state index contributed by atoms with van der Waals surface area (Å²) in [5.41, 5.74) is 0.252. The zero-order valence-corrected chi connectivity index (χ0v) is 10.3. The maximum absolute atomic E-state index is 13.8. The van der Waals surface area contributed by atoms with Crippen molar-refractivity contribution in [3.63, 3.8) is 0 Å². The van der Waals surface area contributed by atoms with Gasteiger partial charge < -0.3 is 14.7 Å². The Labute approximate surface area is 105 Å². The summed E-state index contributed by atoms with van der Waals surface area (Å²) in [6.07, 6.45) is 1.69. The van der Waals surface area contributed by atoms with Crippen LogP contribution in [0.4, 0.5) is 14.5 Å². The molecule has 1 heterocycles. The molecule has 5 heteroatoms. The molecule has 1 aromatic carbocycles. The first-order valence-electron chi connectivity index (χ1n) is 6.02. The number of aliphatic hydroxyl groups is 1. The van der Waals surface area contributed by atoms with Crippen LogP contribution in [0.3, 0.4) is 0 Å². The van der Waals surface area contributed by atoms with Gasteiger partial charge in [-0.15, -0.1) is 0 Å². The molecule has 1 fully saturated rings. The van der Waals surface area contributed by atoms with Crippen molar-refractivity contribution in [2.24, 2.45) is 0 Å². The highest BCUT2D eigenvalue weighted by Crippen LogP contribution is 2.28. The van der Waals surface area contributed by atoms with Gasteiger partial charge in [-0.3, -0.25) is 0 Å². The third-order valence-corrected chi connectivity index (χ3v) is 3.35. The lowest BCUT2D eigenvalue weighted by Gasteiger charge is -2.33. The van der Waals surface area contributed by atoms with Crippen molar-refractivity contribution in [2.45, 2.75) is 25.6 Å². The Kier molecular flexibility index (Phi) is 4.14. The molecule has 0 unspecified atom stereocenters. The Hall–Kier alpha value is -1.20. The maximum Gasteiger partial charge on any atom is 0.149 e. The number of halogens is 2. The van der Waals surface area contributed by atoms with E-state index in [4.69, 9.17) is 9.84 Å². The highest BCUT2D eigenvalue weighted by Gasteiger charge is 2.23. The summed E-state index contributed by atoms with van der Waals surface area (Å²) in [4.78, 5) is 1.70. The first kappa shape index (κ1) is 13.2. The Morgan fingerprint density at radius 2 is 1.83 bits per heavy atom. The predicted molar refractivity (Wildman–Crippen MR) is 64.5 cm³/mol. The Morgan fingerprint density at radius 3 is 2.28 bits per heavy atom. The second-order valence-electron chi connectivity index (χ2n) is 4.49. The van der Waals surface area contributed by atoms with Gasteiger partial charge in [-0.05, 0) is 30.5 Å². The summed E-state index contributed by atoms with van der Waals surface area (Å²) in [7, 11) is 1.65. The SMILES string of the molecule is COC1CCN(c2c(F)cc(CO)cc2F)CC1. The van der Waals surface area contributed by atoms with E-state index in [1.165, 1.54) is 12.1 Å². The van der Waals surface area contributed by atoms with E-state index in [1.54, 1.807) is 12.0 Å². The number of ether oxygens (including phenoxy) is 1. The number of aliphatic hydroxyl groups excluding tert-OH is 1. The fraction of sp³-hybridized carbons (Fsp3) is 0.538. The van der Waals surface area contributed by atoms with Gasteiger partial charge >= 0.3 is 0 Å². The second kappa shape index (κ2) is 5.63. The number of methoxy groups -OCH3 is 1. The summed E-state index contributed by atoms with van der Waals surface area (Å²) >= 11 is 0. The highest BCUT2D eigenvalue weighted by molar-refractivity contribution is 5.51. The van der Waals surface area contributed by atoms with E-state index in [1.807, 2.05) is 0 Å². The van der Waals surface area contributed by atoms with E-state index in [0.29, 0.717) is 13.1 Å². The normalized spacial score (nSPS) is 17.2. The van der Waals surface area contributed by atoms with Crippen molar-refractivity contribution in [1.82, 2.24) is 0 Å². The monoisotopic (exact) mass is 257 g/mol. The lowest BCUT2D eigenvalue weighted by atomic mass is 10.1. The molecule has 0 radical (unpaired) electrons. The molecule has 100 valence electrons. The van der Waals surface area contributed by atoms with Crippen molar-refractivity contribution < 1.29 is 18.6 Å². The molecule has 18 heavy (non-hydrogen) atoms. The zero-order chi connectivity index (χ0) is 13.1. The zero-order valence-electron chi connectivity index (χ0n) is 10.3. The van der Waals surface area contributed by atoms with Gasteiger partial charge in [0, 0.05) is 20.2 Å². The summed E-state index contributed by atoms with van der Waals surface area (Å²) in [5, 5.41) is 8.89. The molecular formula is C13H17F2NO2. The number of nitrogens with zero attached hydrogens (tertiary/aromatic N) is 1. The predicted octanol–water partition coefficient (Wildman–Crippen LogP) is 2.07. The minimum atomic E-state index is -0.616. The van der Waals surface area contributed by atoms with Gasteiger partial charge in [-0.1, -0.05) is 0 Å². The van der Waals surface area contributed by atoms with Crippen LogP contribution in [0.2, 0.25) is 0 Å². The van der Waals surface area contributed by atoms with Gasteiger partial charge in [-0.2, -0.15) is 0 Å². The van der Waals surface area contributed by atoms with Crippen molar-refractivity contribution in [2.75, 3.05) is 25.1 Å². The third-order valence-electron chi connectivity index (χ3n) is 3.35. The largest absolute Gasteiger partial charge is 0.392 e. The van der Waals surface area contributed by atoms with Crippen LogP contribution in [0.5, 0.6) is 0 Å². The number of rotatable bonds is 3. The number of hydrogen-bond donors (Lipinski definition) is 1. The molecular weight excluding hydrogens is 240 g/mol. The Bertz CT molecular complexity index is 394. The topological polar surface area (TPSA) is 32.7 Å². The molecule has 0 atom stereocenters. The summed E-state index contributed by atoms with van der Waals surface area (Å²) in [6, 6.07) is 2.36. The molecule has 0 bridgehead atoms. The van der Waals surface area contributed by atoms with E-state index in [9.17, 15) is 8.78 Å². The first-order chi connectivity index (χ1) is 8.65. The van der Waals surface area contributed by atoms with E-state index in [-0.39, 0.29) is 24.0 Å². The summed E-state index contributed by atoms with van der Waals surface area (Å²) in [5.74, 6) is -1.23. The highest BCUT2D eigenvalue weighted by atomic mass is 19.1. The van der Waals surface area contributed by atoms with Crippen molar-refractivity contribution in [1.29, 1.82) is 0 Å². The Balaban J connectivity index is 2.19. The quantitative estimate of drug-likeness (QED) is 0.899. The van der Waals surface area contributed by atoms with E-state index >= 15 is 0 Å². The molecule has 2 rings (SSSR count). The molecule has 1 aliphatic rings. The number of anilines is 1. The number of benzene rings is 1. The van der Waals surface area contributed by atoms with Crippen molar-refractivity contribution in [3.05, 3.63) is 29.3 Å². The van der Waals surface area contributed by atoms with E-state index in [0.717, 1.165) is 12.8 Å². The van der Waals surface area contributed by atoms with Crippen LogP contribution < -0.4 is 4.90 Å². The van der Waals surface area contributed by atoms with Gasteiger partial charge in [0.05, 0.1) is 12.7 Å². The minimum Gasteiger partial charge on any atom is -0.392 e. The molecule has 3 nitrogen and oxygen atoms in total. The molecule has 1 saturated heterocycles. The van der Waals surface area contributed by atoms with Crippen LogP contribution >= 0.6 is 0 Å². The van der Waals surface area contributed by atoms with Crippen LogP contribution in [0.15, 0.2) is 12.1 Å². The third kappa shape index (κ3) is 2.62. The standard InChI is InChI=1S/C13H17F2NO2/c1-18-10-2-4-16(5-3-10)13-11(14)6-9(8-17)7-12(13)15/h6-7,10,17H,2-5,8H2,1H3. The molecule has 0 amide bonds. The first-order valence-corrected chi connectivity index (χ1v) is 6.02. The average molecular weight is 257 g/mol. The molecule has 1 aromatic rings. The van der Waals surface area contributed by atoms with Crippen LogP contribution in [0, 0.1) is 11.6 Å². The lowest BCUT2D eigenvalue weighted by molar-refractivity contribution is 0.0817. The fourth-order valence-electron chi connectivity index (χ4n) is 2.33. The Morgan fingerprint density at radius 1 is 1.28 bits per heavy atom. The number of piperidine rings is 1. The molecule has 1 N–H and O–H groups in total. The van der Waals surface area contributed by atoms with Crippen molar-refractivity contribution >= 4 is 5.69 Å². The van der Waals surface area contributed by atoms with Gasteiger partial charge in [0.15, 0.2) is 0 Å². The average Bonchev–Trinajstić information content (AvgIpc) is 2.38. The molecule has 0 aliphatic carbocycles. The smallest absolute Gasteiger partial charge is 0.149 e. The van der Waals surface area contributed by atoms with Crippen LogP contribution in [-0.4, -0.2) is 31.4 Å². The summed E-state index contributed by atoms with van der Waals surface area (Å²) < 4.78 is 32.9. The number of hydrogen-bond acceptors (Lipinski definition) is 3. The molecule has 0 saturated carbocycles. The lowest BCUT2D eigenvalue weighted by Crippen LogP contribution is -2.37. The van der Waals surface area contributed by atoms with E-state index in [2.05, 4.69) is 0 Å². The molecule has 0 aromatic heterocycles. The van der Waals surface area contributed by atoms with Crippen molar-refractivity contribution in [3.8, 4) is 0 Å². The van der Waals surface area contributed by atoms with E-state index < -0.39 is 11.6 Å². The summed E-state index contributed by atoms with van der Waals surface area (Å²) in [6.45, 7) is 0.787. The fourth-order valence-corrected chi connectivity index (χ4v) is 2.33. The van der Waals surface area contributed by atoms with Crippen LogP contribution in [0.1, 0.15) is 18.4 Å². The molecule has 0 spiro atoms. The van der Waals surface area contributed by atoms with Crippen LogP contribution in [-0.2, 0) is 11.3 Å². The van der Waals surface area contributed by atoms with Gasteiger partial charge in [-0.25, -0.2) is 8.78 Å². The van der Waals surface area contributed by atoms with Gasteiger partial charge in [0.1, 0.15) is 17.3 Å². The molecule has 1 aliphatic heterocycles. The van der Waals surface area contributed by atoms with Gasteiger partial charge in [0.2, 0.25) is 0 Å².